The molecule has 0 aliphatic carbocycles. The van der Waals surface area contributed by atoms with Crippen molar-refractivity contribution in [3.63, 3.8) is 0 Å². The number of para-hydroxylation sites is 1. The summed E-state index contributed by atoms with van der Waals surface area (Å²) in [5.74, 6) is 0.107. The van der Waals surface area contributed by atoms with Crippen LogP contribution in [0.25, 0.3) is 0 Å². The minimum atomic E-state index is -0.324. The molecule has 0 N–H and O–H groups in total. The SMILES string of the molecule is CCOC(=O)CCN(Cc1cccnc1)C(=O)COc1ccccc1. The average molecular weight is 342 g/mol. The van der Waals surface area contributed by atoms with Crippen LogP contribution in [-0.4, -0.2) is 41.5 Å². The van der Waals surface area contributed by atoms with Gasteiger partial charge in [0.1, 0.15) is 5.75 Å². The number of rotatable bonds is 9. The Bertz CT molecular complexity index is 662. The van der Waals surface area contributed by atoms with Crippen LogP contribution in [0.2, 0.25) is 0 Å². The van der Waals surface area contributed by atoms with E-state index in [1.165, 1.54) is 0 Å². The lowest BCUT2D eigenvalue weighted by molar-refractivity contribution is -0.144. The summed E-state index contributed by atoms with van der Waals surface area (Å²) in [6.45, 7) is 2.62. The molecule has 1 aromatic heterocycles. The smallest absolute Gasteiger partial charge is 0.307 e. The molecule has 0 spiro atoms. The van der Waals surface area contributed by atoms with Gasteiger partial charge >= 0.3 is 5.97 Å². The highest BCUT2D eigenvalue weighted by atomic mass is 16.5. The molecule has 0 atom stereocenters. The Balaban J connectivity index is 1.96. The maximum Gasteiger partial charge on any atom is 0.307 e. The Labute approximate surface area is 147 Å². The van der Waals surface area contributed by atoms with Crippen LogP contribution in [0.15, 0.2) is 54.9 Å². The molecule has 0 aliphatic heterocycles. The molecule has 6 nitrogen and oxygen atoms in total. The van der Waals surface area contributed by atoms with Crippen molar-refractivity contribution in [1.29, 1.82) is 0 Å². The van der Waals surface area contributed by atoms with Crippen molar-refractivity contribution in [3.05, 3.63) is 60.4 Å². The number of benzene rings is 1. The number of hydrogen-bond acceptors (Lipinski definition) is 5. The molecule has 2 rings (SSSR count). The third kappa shape index (κ3) is 6.63. The second-order valence-corrected chi connectivity index (χ2v) is 5.33. The molecule has 0 fully saturated rings. The van der Waals surface area contributed by atoms with E-state index < -0.39 is 0 Å². The number of esters is 1. The van der Waals surface area contributed by atoms with E-state index in [0.29, 0.717) is 18.9 Å². The number of aromatic nitrogens is 1. The van der Waals surface area contributed by atoms with Gasteiger partial charge in [-0.2, -0.15) is 0 Å². The van der Waals surface area contributed by atoms with Gasteiger partial charge < -0.3 is 14.4 Å². The van der Waals surface area contributed by atoms with Gasteiger partial charge in [-0.05, 0) is 30.7 Å². The molecule has 2 aromatic rings. The maximum absolute atomic E-state index is 12.5. The van der Waals surface area contributed by atoms with Crippen LogP contribution in [-0.2, 0) is 20.9 Å². The molecule has 25 heavy (non-hydrogen) atoms. The van der Waals surface area contributed by atoms with Crippen LogP contribution in [0.1, 0.15) is 18.9 Å². The Morgan fingerprint density at radius 1 is 1.12 bits per heavy atom. The number of carbonyl (C=O) groups is 2. The zero-order chi connectivity index (χ0) is 17.9. The third-order valence-electron chi connectivity index (χ3n) is 3.45. The van der Waals surface area contributed by atoms with Crippen LogP contribution >= 0.6 is 0 Å². The van der Waals surface area contributed by atoms with Crippen LogP contribution in [0.4, 0.5) is 0 Å². The Morgan fingerprint density at radius 3 is 2.60 bits per heavy atom. The standard InChI is InChI=1S/C19H22N2O4/c1-2-24-19(23)10-12-21(14-16-7-6-11-20-13-16)18(22)15-25-17-8-4-3-5-9-17/h3-9,11,13H,2,10,12,14-15H2,1H3. The number of nitrogens with zero attached hydrogens (tertiary/aromatic N) is 2. The van der Waals surface area contributed by atoms with Crippen molar-refractivity contribution in [2.45, 2.75) is 19.9 Å². The lowest BCUT2D eigenvalue weighted by atomic mass is 10.2. The Hall–Kier alpha value is -2.89. The summed E-state index contributed by atoms with van der Waals surface area (Å²) >= 11 is 0. The molecule has 0 bridgehead atoms. The van der Waals surface area contributed by atoms with E-state index in [0.717, 1.165) is 5.56 Å². The predicted molar refractivity (Wildman–Crippen MR) is 92.8 cm³/mol. The van der Waals surface area contributed by atoms with Gasteiger partial charge in [-0.25, -0.2) is 0 Å². The predicted octanol–water partition coefficient (Wildman–Crippen LogP) is 2.44. The quantitative estimate of drug-likeness (QED) is 0.655. The molecule has 0 aliphatic rings. The first-order valence-electron chi connectivity index (χ1n) is 8.19. The second kappa shape index (κ2) is 10.1. The fraction of sp³-hybridized carbons (Fsp3) is 0.316. The van der Waals surface area contributed by atoms with Gasteiger partial charge in [0.05, 0.1) is 13.0 Å². The third-order valence-corrected chi connectivity index (χ3v) is 3.45. The Morgan fingerprint density at radius 2 is 1.92 bits per heavy atom. The van der Waals surface area contributed by atoms with Gasteiger partial charge in [0, 0.05) is 25.5 Å². The zero-order valence-electron chi connectivity index (χ0n) is 14.3. The molecule has 1 amide bonds. The van der Waals surface area contributed by atoms with Gasteiger partial charge in [-0.3, -0.25) is 14.6 Å². The average Bonchev–Trinajstić information content (AvgIpc) is 2.65. The fourth-order valence-corrected chi connectivity index (χ4v) is 2.22. The first kappa shape index (κ1) is 18.4. The summed E-state index contributed by atoms with van der Waals surface area (Å²) in [4.78, 5) is 29.8. The van der Waals surface area contributed by atoms with Gasteiger partial charge in [0.15, 0.2) is 6.61 Å². The summed E-state index contributed by atoms with van der Waals surface area (Å²) in [7, 11) is 0. The van der Waals surface area contributed by atoms with Crippen molar-refractivity contribution in [1.82, 2.24) is 9.88 Å². The van der Waals surface area contributed by atoms with E-state index in [1.807, 2.05) is 30.3 Å². The summed E-state index contributed by atoms with van der Waals surface area (Å²) < 4.78 is 10.4. The van der Waals surface area contributed by atoms with Crippen LogP contribution in [0.5, 0.6) is 5.75 Å². The molecule has 132 valence electrons. The van der Waals surface area contributed by atoms with E-state index in [2.05, 4.69) is 4.98 Å². The topological polar surface area (TPSA) is 68.7 Å². The Kier molecular flexibility index (Phi) is 7.43. The normalized spacial score (nSPS) is 10.1. The highest BCUT2D eigenvalue weighted by Crippen LogP contribution is 2.10. The molecular formula is C19H22N2O4. The molecule has 0 saturated heterocycles. The van der Waals surface area contributed by atoms with E-state index in [9.17, 15) is 9.59 Å². The minimum Gasteiger partial charge on any atom is -0.484 e. The van der Waals surface area contributed by atoms with Crippen molar-refractivity contribution in [2.75, 3.05) is 19.8 Å². The molecule has 0 saturated carbocycles. The first-order chi connectivity index (χ1) is 12.2. The first-order valence-corrected chi connectivity index (χ1v) is 8.19. The zero-order valence-corrected chi connectivity index (χ0v) is 14.3. The van der Waals surface area contributed by atoms with Gasteiger partial charge in [0.25, 0.3) is 5.91 Å². The second-order valence-electron chi connectivity index (χ2n) is 5.33. The van der Waals surface area contributed by atoms with Crippen molar-refractivity contribution >= 4 is 11.9 Å². The van der Waals surface area contributed by atoms with E-state index in [-0.39, 0.29) is 31.4 Å². The highest BCUT2D eigenvalue weighted by Gasteiger charge is 2.17. The van der Waals surface area contributed by atoms with Crippen molar-refractivity contribution < 1.29 is 19.1 Å². The maximum atomic E-state index is 12.5. The van der Waals surface area contributed by atoms with Gasteiger partial charge in [0.2, 0.25) is 0 Å². The van der Waals surface area contributed by atoms with Gasteiger partial charge in [-0.1, -0.05) is 24.3 Å². The van der Waals surface area contributed by atoms with Crippen LogP contribution in [0, 0.1) is 0 Å². The van der Waals surface area contributed by atoms with Crippen LogP contribution in [0.3, 0.4) is 0 Å². The molecule has 6 heteroatoms. The van der Waals surface area contributed by atoms with E-state index >= 15 is 0 Å². The molecule has 0 unspecified atom stereocenters. The number of pyridine rings is 1. The number of amides is 1. The number of ether oxygens (including phenoxy) is 2. The monoisotopic (exact) mass is 342 g/mol. The lowest BCUT2D eigenvalue weighted by Crippen LogP contribution is -2.36. The molecule has 0 radical (unpaired) electrons. The largest absolute Gasteiger partial charge is 0.484 e. The number of hydrogen-bond donors (Lipinski definition) is 0. The number of carbonyl (C=O) groups excluding carboxylic acids is 2. The lowest BCUT2D eigenvalue weighted by Gasteiger charge is -2.22. The van der Waals surface area contributed by atoms with E-state index in [4.69, 9.17) is 9.47 Å². The minimum absolute atomic E-state index is 0.0902. The van der Waals surface area contributed by atoms with Crippen molar-refractivity contribution in [2.24, 2.45) is 0 Å². The molecule has 1 heterocycles. The summed E-state index contributed by atoms with van der Waals surface area (Å²) in [5, 5.41) is 0. The van der Waals surface area contributed by atoms with Gasteiger partial charge in [-0.15, -0.1) is 0 Å². The summed E-state index contributed by atoms with van der Waals surface area (Å²) in [5.41, 5.74) is 0.888. The fourth-order valence-electron chi connectivity index (χ4n) is 2.22. The molecular weight excluding hydrogens is 320 g/mol. The van der Waals surface area contributed by atoms with Crippen molar-refractivity contribution in [3.8, 4) is 5.75 Å². The highest BCUT2D eigenvalue weighted by molar-refractivity contribution is 5.78. The molecule has 1 aromatic carbocycles. The summed E-state index contributed by atoms with van der Waals surface area (Å²) in [6.07, 6.45) is 3.51. The van der Waals surface area contributed by atoms with E-state index in [1.54, 1.807) is 36.4 Å². The van der Waals surface area contributed by atoms with Crippen LogP contribution < -0.4 is 4.74 Å². The summed E-state index contributed by atoms with van der Waals surface area (Å²) in [6, 6.07) is 12.8.